The lowest BCUT2D eigenvalue weighted by Gasteiger charge is -2.39. The number of carbonyl (C=O) groups is 1. The highest BCUT2D eigenvalue weighted by molar-refractivity contribution is 6.31. The molecule has 1 atom stereocenters. The molecule has 4 rings (SSSR count). The van der Waals surface area contributed by atoms with Crippen LogP contribution in [-0.4, -0.2) is 59.7 Å². The zero-order valence-electron chi connectivity index (χ0n) is 17.3. The van der Waals surface area contributed by atoms with Gasteiger partial charge in [-0.1, -0.05) is 17.7 Å². The maximum absolute atomic E-state index is 11.4. The second-order valence-corrected chi connectivity index (χ2v) is 8.27. The van der Waals surface area contributed by atoms with Gasteiger partial charge < -0.3 is 25.6 Å². The lowest BCUT2D eigenvalue weighted by Crippen LogP contribution is -2.56. The summed E-state index contributed by atoms with van der Waals surface area (Å²) in [7, 11) is 0. The first kappa shape index (κ1) is 20.7. The Kier molecular flexibility index (Phi) is 5.97. The van der Waals surface area contributed by atoms with E-state index in [0.29, 0.717) is 31.3 Å². The molecule has 0 radical (unpaired) electrons. The van der Waals surface area contributed by atoms with Crippen molar-refractivity contribution in [2.45, 2.75) is 32.4 Å². The molecule has 1 aromatic heterocycles. The molecule has 160 valence electrons. The Morgan fingerprint density at radius 3 is 2.80 bits per heavy atom. The van der Waals surface area contributed by atoms with Crippen LogP contribution in [0.5, 0.6) is 0 Å². The van der Waals surface area contributed by atoms with Gasteiger partial charge in [-0.05, 0) is 31.0 Å². The number of benzene rings is 1. The van der Waals surface area contributed by atoms with Crippen molar-refractivity contribution in [1.29, 1.82) is 0 Å². The number of hydrogen-bond acceptors (Lipinski definition) is 7. The molecule has 2 aliphatic rings. The van der Waals surface area contributed by atoms with Crippen molar-refractivity contribution in [3.63, 3.8) is 0 Å². The molecule has 2 fully saturated rings. The molecule has 9 heteroatoms. The van der Waals surface area contributed by atoms with Crippen LogP contribution in [0, 0.1) is 6.92 Å². The second kappa shape index (κ2) is 8.65. The van der Waals surface area contributed by atoms with E-state index in [1.54, 1.807) is 6.92 Å². The summed E-state index contributed by atoms with van der Waals surface area (Å²) in [4.78, 5) is 24.0. The van der Waals surface area contributed by atoms with E-state index in [4.69, 9.17) is 22.1 Å². The molecule has 1 amide bonds. The molecule has 3 N–H and O–H groups in total. The summed E-state index contributed by atoms with van der Waals surface area (Å²) in [6, 6.07) is 8.13. The maximum atomic E-state index is 11.4. The van der Waals surface area contributed by atoms with Crippen molar-refractivity contribution >= 4 is 35.0 Å². The van der Waals surface area contributed by atoms with E-state index in [1.165, 1.54) is 0 Å². The third-order valence-electron chi connectivity index (χ3n) is 5.55. The van der Waals surface area contributed by atoms with Crippen LogP contribution in [-0.2, 0) is 9.53 Å². The Bertz CT molecular complexity index is 913. The topological polar surface area (TPSA) is 96.6 Å². The predicted octanol–water partition coefficient (Wildman–Crippen LogP) is 2.63. The summed E-state index contributed by atoms with van der Waals surface area (Å²) in [6.07, 6.45) is 0.894. The Hall–Kier alpha value is -2.58. The number of amides is 1. The second-order valence-electron chi connectivity index (χ2n) is 7.86. The average Bonchev–Trinajstić information content (AvgIpc) is 2.89. The number of halogens is 1. The predicted molar refractivity (Wildman–Crippen MR) is 118 cm³/mol. The lowest BCUT2D eigenvalue weighted by molar-refractivity contribution is -0.132. The zero-order chi connectivity index (χ0) is 21.3. The van der Waals surface area contributed by atoms with E-state index in [1.807, 2.05) is 36.1 Å². The van der Waals surface area contributed by atoms with Crippen molar-refractivity contribution in [2.75, 3.05) is 48.8 Å². The number of anilines is 3. The number of nitrogen functional groups attached to an aromatic ring is 1. The highest BCUT2D eigenvalue weighted by Crippen LogP contribution is 2.34. The molecule has 3 heterocycles. The first-order chi connectivity index (χ1) is 14.4. The van der Waals surface area contributed by atoms with Gasteiger partial charge in [0.25, 0.3) is 0 Å². The van der Waals surface area contributed by atoms with Crippen LogP contribution < -0.4 is 16.0 Å². The van der Waals surface area contributed by atoms with Gasteiger partial charge in [-0.25, -0.2) is 4.98 Å². The van der Waals surface area contributed by atoms with Gasteiger partial charge in [0.15, 0.2) is 0 Å². The molecule has 0 aliphatic carbocycles. The highest BCUT2D eigenvalue weighted by Gasteiger charge is 2.29. The van der Waals surface area contributed by atoms with Crippen molar-refractivity contribution < 1.29 is 9.53 Å². The molecular formula is C21H27ClN6O2. The number of aryl methyl sites for hydroxylation is 1. The first-order valence-corrected chi connectivity index (χ1v) is 10.6. The van der Waals surface area contributed by atoms with Crippen LogP contribution in [0.3, 0.4) is 0 Å². The fraction of sp³-hybridized carbons (Fsp3) is 0.476. The molecule has 30 heavy (non-hydrogen) atoms. The highest BCUT2D eigenvalue weighted by atomic mass is 35.5. The summed E-state index contributed by atoms with van der Waals surface area (Å²) in [5.74, 6) is 1.16. The number of nitrogens with two attached hydrogens (primary N) is 1. The molecule has 0 bridgehead atoms. The van der Waals surface area contributed by atoms with Crippen LogP contribution >= 0.6 is 11.6 Å². The van der Waals surface area contributed by atoms with Gasteiger partial charge in [0.05, 0.1) is 18.7 Å². The Balaban J connectivity index is 1.55. The van der Waals surface area contributed by atoms with Crippen LogP contribution in [0.2, 0.25) is 5.02 Å². The minimum absolute atomic E-state index is 0.0698. The molecule has 0 saturated carbocycles. The van der Waals surface area contributed by atoms with Crippen molar-refractivity contribution in [3.05, 3.63) is 40.5 Å². The van der Waals surface area contributed by atoms with E-state index in [9.17, 15) is 4.79 Å². The van der Waals surface area contributed by atoms with E-state index >= 15 is 0 Å². The fourth-order valence-electron chi connectivity index (χ4n) is 3.98. The van der Waals surface area contributed by atoms with Gasteiger partial charge in [0.2, 0.25) is 11.9 Å². The van der Waals surface area contributed by atoms with Gasteiger partial charge in [-0.2, -0.15) is 4.98 Å². The molecule has 2 aliphatic heterocycles. The number of nitrogens with one attached hydrogen (secondary N) is 1. The molecule has 2 saturated heterocycles. The largest absolute Gasteiger partial charge is 0.379 e. The molecule has 1 aromatic carbocycles. The minimum Gasteiger partial charge on any atom is -0.379 e. The van der Waals surface area contributed by atoms with E-state index in [-0.39, 0.29) is 23.9 Å². The number of carbonyl (C=O) groups excluding carboxylic acids is 1. The zero-order valence-corrected chi connectivity index (χ0v) is 18.0. The van der Waals surface area contributed by atoms with Crippen LogP contribution in [0.15, 0.2) is 24.3 Å². The monoisotopic (exact) mass is 430 g/mol. The van der Waals surface area contributed by atoms with Crippen molar-refractivity contribution in [1.82, 2.24) is 14.9 Å². The Morgan fingerprint density at radius 1 is 1.30 bits per heavy atom. The smallest absolute Gasteiger partial charge is 0.222 e. The molecule has 2 aromatic rings. The number of rotatable bonds is 4. The lowest BCUT2D eigenvalue weighted by atomic mass is 10.0. The molecule has 0 unspecified atom stereocenters. The normalized spacial score (nSPS) is 19.9. The summed E-state index contributed by atoms with van der Waals surface area (Å²) >= 11 is 6.71. The van der Waals surface area contributed by atoms with E-state index < -0.39 is 0 Å². The number of nitrogens with zero attached hydrogens (tertiary/aromatic N) is 4. The standard InChI is InChI=1S/C21H27ClN6O2/c1-13-8-20(26-21(23)24-13)28-6-3-7-30-12-19(28)17-5-4-15(9-18(17)22)25-16-10-27(11-16)14(2)29/h4-5,8-9,16,19,25H,3,6-7,10-12H2,1-2H3,(H2,23,24,26)/t19-/m1/s1. The Labute approximate surface area is 181 Å². The van der Waals surface area contributed by atoms with Gasteiger partial charge in [0.1, 0.15) is 5.82 Å². The third-order valence-corrected chi connectivity index (χ3v) is 5.88. The number of likely N-dealkylation sites (tertiary alicyclic amines) is 1. The van der Waals surface area contributed by atoms with Crippen molar-refractivity contribution in [2.24, 2.45) is 0 Å². The fourth-order valence-corrected chi connectivity index (χ4v) is 4.29. The summed E-state index contributed by atoms with van der Waals surface area (Å²) < 4.78 is 5.86. The van der Waals surface area contributed by atoms with E-state index in [0.717, 1.165) is 35.7 Å². The Morgan fingerprint density at radius 2 is 2.10 bits per heavy atom. The maximum Gasteiger partial charge on any atom is 0.222 e. The number of hydrogen-bond donors (Lipinski definition) is 2. The van der Waals surface area contributed by atoms with Gasteiger partial charge in [-0.3, -0.25) is 4.79 Å². The summed E-state index contributed by atoms with van der Waals surface area (Å²) in [5, 5.41) is 4.11. The number of ether oxygens (including phenoxy) is 1. The van der Waals surface area contributed by atoms with Crippen LogP contribution in [0.4, 0.5) is 17.5 Å². The molecular weight excluding hydrogens is 404 g/mol. The summed E-state index contributed by atoms with van der Waals surface area (Å²) in [5.41, 5.74) is 8.65. The van der Waals surface area contributed by atoms with Gasteiger partial charge >= 0.3 is 0 Å². The quantitative estimate of drug-likeness (QED) is 0.769. The average molecular weight is 431 g/mol. The third kappa shape index (κ3) is 4.44. The van der Waals surface area contributed by atoms with Crippen LogP contribution in [0.1, 0.15) is 30.6 Å². The first-order valence-electron chi connectivity index (χ1n) is 10.2. The molecule has 8 nitrogen and oxygen atoms in total. The summed E-state index contributed by atoms with van der Waals surface area (Å²) in [6.45, 7) is 6.94. The van der Waals surface area contributed by atoms with Crippen molar-refractivity contribution in [3.8, 4) is 0 Å². The SMILES string of the molecule is CC(=O)N1CC(Nc2ccc([C@H]3COCCCN3c3cc(C)nc(N)n3)c(Cl)c2)C1. The minimum atomic E-state index is -0.0698. The van der Waals surface area contributed by atoms with E-state index in [2.05, 4.69) is 20.2 Å². The number of aromatic nitrogens is 2. The van der Waals surface area contributed by atoms with Gasteiger partial charge in [-0.15, -0.1) is 0 Å². The molecule has 0 spiro atoms. The van der Waals surface area contributed by atoms with Crippen LogP contribution in [0.25, 0.3) is 0 Å². The van der Waals surface area contributed by atoms with Gasteiger partial charge in [0, 0.05) is 55.6 Å².